The smallest absolute Gasteiger partial charge is 0.243 e. The van der Waals surface area contributed by atoms with Crippen molar-refractivity contribution in [1.82, 2.24) is 4.31 Å². The molecule has 21 heavy (non-hydrogen) atoms. The van der Waals surface area contributed by atoms with Crippen molar-refractivity contribution in [2.24, 2.45) is 11.8 Å². The molecule has 4 nitrogen and oxygen atoms in total. The molecule has 1 N–H and O–H groups in total. The molecule has 6 heteroatoms. The van der Waals surface area contributed by atoms with E-state index in [1.807, 2.05) is 12.1 Å². The van der Waals surface area contributed by atoms with E-state index in [0.717, 1.165) is 24.8 Å². The summed E-state index contributed by atoms with van der Waals surface area (Å²) in [5.41, 5.74) is 1.04. The summed E-state index contributed by atoms with van der Waals surface area (Å²) in [6.45, 7) is 0.977. The highest BCUT2D eigenvalue weighted by Gasteiger charge is 2.45. The van der Waals surface area contributed by atoms with Crippen LogP contribution in [-0.2, 0) is 16.4 Å². The minimum Gasteiger partial charge on any atom is -0.393 e. The number of alkyl halides is 1. The Kier molecular flexibility index (Phi) is 4.28. The Morgan fingerprint density at radius 2 is 1.90 bits per heavy atom. The van der Waals surface area contributed by atoms with E-state index in [-0.39, 0.29) is 12.0 Å². The van der Waals surface area contributed by atoms with Crippen LogP contribution in [0.25, 0.3) is 0 Å². The van der Waals surface area contributed by atoms with Crippen molar-refractivity contribution in [2.45, 2.75) is 30.3 Å². The topological polar surface area (TPSA) is 57.6 Å². The van der Waals surface area contributed by atoms with Gasteiger partial charge in [0.1, 0.15) is 0 Å². The summed E-state index contributed by atoms with van der Waals surface area (Å²) in [4.78, 5) is 0.329. The highest BCUT2D eigenvalue weighted by molar-refractivity contribution is 7.89. The minimum absolute atomic E-state index is 0.107. The van der Waals surface area contributed by atoms with Crippen LogP contribution in [0.1, 0.15) is 18.4 Å². The van der Waals surface area contributed by atoms with E-state index in [1.165, 1.54) is 4.31 Å². The zero-order valence-electron chi connectivity index (χ0n) is 11.8. The molecule has 0 aromatic heterocycles. The number of aliphatic hydroxyl groups excluding tert-OH is 1. The number of hydrogen-bond acceptors (Lipinski definition) is 3. The Hall–Kier alpha value is -0.620. The number of rotatable bonds is 4. The fraction of sp³-hybridized carbons (Fsp3) is 0.600. The van der Waals surface area contributed by atoms with E-state index < -0.39 is 10.0 Å². The zero-order valence-corrected chi connectivity index (χ0v) is 13.4. The first-order valence-corrected chi connectivity index (χ1v) is 9.33. The molecule has 2 fully saturated rings. The Morgan fingerprint density at radius 3 is 2.52 bits per heavy atom. The summed E-state index contributed by atoms with van der Waals surface area (Å²) >= 11 is 5.69. The molecule has 1 heterocycles. The first-order chi connectivity index (χ1) is 10.0. The molecule has 3 rings (SSSR count). The average Bonchev–Trinajstić information content (AvgIpc) is 3.03. The maximum Gasteiger partial charge on any atom is 0.243 e. The van der Waals surface area contributed by atoms with Crippen molar-refractivity contribution in [3.05, 3.63) is 29.8 Å². The van der Waals surface area contributed by atoms with Gasteiger partial charge in [0.05, 0.1) is 11.0 Å². The number of nitrogens with zero attached hydrogens (tertiary/aromatic N) is 1. The van der Waals surface area contributed by atoms with Gasteiger partial charge in [0.2, 0.25) is 10.0 Å². The Bertz CT molecular complexity index is 602. The van der Waals surface area contributed by atoms with E-state index in [2.05, 4.69) is 0 Å². The lowest BCUT2D eigenvalue weighted by Gasteiger charge is -2.18. The fourth-order valence-electron chi connectivity index (χ4n) is 3.48. The monoisotopic (exact) mass is 329 g/mol. The maximum atomic E-state index is 12.7. The largest absolute Gasteiger partial charge is 0.393 e. The van der Waals surface area contributed by atoms with Crippen LogP contribution in [0.5, 0.6) is 0 Å². The zero-order chi connectivity index (χ0) is 15.0. The van der Waals surface area contributed by atoms with Gasteiger partial charge in [-0.2, -0.15) is 4.31 Å². The molecular weight excluding hydrogens is 310 g/mol. The van der Waals surface area contributed by atoms with Crippen molar-refractivity contribution in [3.63, 3.8) is 0 Å². The predicted octanol–water partition coefficient (Wildman–Crippen LogP) is 1.86. The van der Waals surface area contributed by atoms with Gasteiger partial charge < -0.3 is 5.11 Å². The van der Waals surface area contributed by atoms with Gasteiger partial charge in [-0.25, -0.2) is 8.42 Å². The number of aliphatic hydroxyl groups is 1. The average molecular weight is 330 g/mol. The number of fused-ring (bicyclic) bond motifs is 1. The van der Waals surface area contributed by atoms with Crippen molar-refractivity contribution in [2.75, 3.05) is 19.0 Å². The second-order valence-electron chi connectivity index (χ2n) is 5.97. The molecule has 116 valence electrons. The van der Waals surface area contributed by atoms with Crippen LogP contribution in [0.2, 0.25) is 0 Å². The van der Waals surface area contributed by atoms with Crippen LogP contribution in [0, 0.1) is 11.8 Å². The molecular formula is C15H20ClNO3S. The first kappa shape index (κ1) is 15.3. The van der Waals surface area contributed by atoms with Gasteiger partial charge in [-0.15, -0.1) is 11.6 Å². The van der Waals surface area contributed by atoms with E-state index >= 15 is 0 Å². The quantitative estimate of drug-likeness (QED) is 0.858. The molecule has 1 aliphatic heterocycles. The van der Waals surface area contributed by atoms with Gasteiger partial charge in [0.25, 0.3) is 0 Å². The first-order valence-electron chi connectivity index (χ1n) is 7.35. The predicted molar refractivity (Wildman–Crippen MR) is 81.8 cm³/mol. The van der Waals surface area contributed by atoms with Crippen LogP contribution in [0.4, 0.5) is 0 Å². The summed E-state index contributed by atoms with van der Waals surface area (Å²) in [7, 11) is -3.45. The summed E-state index contributed by atoms with van der Waals surface area (Å²) in [6.07, 6.45) is 2.12. The lowest BCUT2D eigenvalue weighted by atomic mass is 10.00. The van der Waals surface area contributed by atoms with Gasteiger partial charge >= 0.3 is 0 Å². The summed E-state index contributed by atoms with van der Waals surface area (Å²) in [5, 5.41) is 9.91. The summed E-state index contributed by atoms with van der Waals surface area (Å²) < 4.78 is 26.8. The number of sulfonamides is 1. The van der Waals surface area contributed by atoms with Gasteiger partial charge in [0.15, 0.2) is 0 Å². The third-order valence-electron chi connectivity index (χ3n) is 4.73. The third-order valence-corrected chi connectivity index (χ3v) is 6.76. The van der Waals surface area contributed by atoms with E-state index in [1.54, 1.807) is 12.1 Å². The lowest BCUT2D eigenvalue weighted by Crippen LogP contribution is -2.31. The number of benzene rings is 1. The molecule has 1 saturated carbocycles. The Morgan fingerprint density at radius 1 is 1.19 bits per heavy atom. The minimum atomic E-state index is -3.45. The normalized spacial score (nSPS) is 29.7. The molecule has 3 atom stereocenters. The molecule has 1 saturated heterocycles. The van der Waals surface area contributed by atoms with Gasteiger partial charge in [-0.3, -0.25) is 0 Å². The van der Waals surface area contributed by atoms with E-state index in [9.17, 15) is 13.5 Å². The SMILES string of the molecule is O=S(=O)(c1ccc(CCCl)cc1)N1CC2CCC(O)C2C1. The molecule has 1 aromatic carbocycles. The second-order valence-corrected chi connectivity index (χ2v) is 8.29. The van der Waals surface area contributed by atoms with Crippen molar-refractivity contribution in [3.8, 4) is 0 Å². The van der Waals surface area contributed by atoms with E-state index in [0.29, 0.717) is 29.8 Å². The molecule has 1 aromatic rings. The fourth-order valence-corrected chi connectivity index (χ4v) is 5.23. The summed E-state index contributed by atoms with van der Waals surface area (Å²) in [5.74, 6) is 0.944. The summed E-state index contributed by atoms with van der Waals surface area (Å²) in [6, 6.07) is 6.95. The van der Waals surface area contributed by atoms with Crippen LogP contribution >= 0.6 is 11.6 Å². The van der Waals surface area contributed by atoms with E-state index in [4.69, 9.17) is 11.6 Å². The molecule has 0 amide bonds. The molecule has 0 bridgehead atoms. The maximum absolute atomic E-state index is 12.7. The number of halogens is 1. The molecule has 2 aliphatic rings. The molecule has 1 aliphatic carbocycles. The van der Waals surface area contributed by atoms with Gasteiger partial charge in [-0.05, 0) is 42.9 Å². The highest BCUT2D eigenvalue weighted by Crippen LogP contribution is 2.40. The number of aryl methyl sites for hydroxylation is 1. The lowest BCUT2D eigenvalue weighted by molar-refractivity contribution is 0.129. The van der Waals surface area contributed by atoms with Crippen LogP contribution in [0.3, 0.4) is 0 Å². The second kappa shape index (κ2) is 5.88. The Balaban J connectivity index is 1.78. The van der Waals surface area contributed by atoms with Crippen LogP contribution in [-0.4, -0.2) is 42.9 Å². The van der Waals surface area contributed by atoms with Crippen molar-refractivity contribution < 1.29 is 13.5 Å². The van der Waals surface area contributed by atoms with Gasteiger partial charge in [-0.1, -0.05) is 12.1 Å². The Labute approximate surface area is 130 Å². The van der Waals surface area contributed by atoms with Gasteiger partial charge in [0, 0.05) is 24.9 Å². The molecule has 0 spiro atoms. The molecule has 0 radical (unpaired) electrons. The van der Waals surface area contributed by atoms with Crippen molar-refractivity contribution >= 4 is 21.6 Å². The molecule has 3 unspecified atom stereocenters. The third kappa shape index (κ3) is 2.84. The van der Waals surface area contributed by atoms with Crippen molar-refractivity contribution in [1.29, 1.82) is 0 Å². The number of hydrogen-bond donors (Lipinski definition) is 1. The highest BCUT2D eigenvalue weighted by atomic mass is 35.5. The van der Waals surface area contributed by atoms with Crippen LogP contribution in [0.15, 0.2) is 29.2 Å². The standard InChI is InChI=1S/C15H20ClNO3S/c16-8-7-11-1-4-13(5-2-11)21(19,20)17-9-12-3-6-15(18)14(12)10-17/h1-2,4-5,12,14-15,18H,3,6-10H2. The van der Waals surface area contributed by atoms with Crippen LogP contribution < -0.4 is 0 Å².